The number of benzene rings is 3. The number of sulfonamides is 1. The van der Waals surface area contributed by atoms with E-state index in [2.05, 4.69) is 26.5 Å². The molecule has 0 radical (unpaired) electrons. The van der Waals surface area contributed by atoms with Gasteiger partial charge in [-0.1, -0.05) is 40.2 Å². The summed E-state index contributed by atoms with van der Waals surface area (Å²) in [6, 6.07) is 18.1. The van der Waals surface area contributed by atoms with Crippen LogP contribution in [0.15, 0.2) is 81.2 Å². The molecule has 0 saturated carbocycles. The zero-order valence-corrected chi connectivity index (χ0v) is 21.7. The number of nitrogens with zero attached hydrogens (tertiary/aromatic N) is 2. The smallest absolute Gasteiger partial charge is 0.268 e. The third-order valence-corrected chi connectivity index (χ3v) is 7.14. The summed E-state index contributed by atoms with van der Waals surface area (Å²) in [5, 5.41) is 3.96. The van der Waals surface area contributed by atoms with Crippen molar-refractivity contribution in [3.63, 3.8) is 0 Å². The molecule has 11 heteroatoms. The number of rotatable bonds is 10. The second kappa shape index (κ2) is 11.7. The summed E-state index contributed by atoms with van der Waals surface area (Å²) in [7, 11) is 0.202. The van der Waals surface area contributed by atoms with E-state index >= 15 is 0 Å². The van der Waals surface area contributed by atoms with Crippen molar-refractivity contribution in [3.05, 3.63) is 76.8 Å². The van der Waals surface area contributed by atoms with E-state index in [1.165, 1.54) is 39.7 Å². The number of hydrogen-bond acceptors (Lipinski definition) is 7. The number of halogens is 1. The Kier molecular flexibility index (Phi) is 8.72. The van der Waals surface area contributed by atoms with Crippen LogP contribution < -0.4 is 23.9 Å². The van der Waals surface area contributed by atoms with Gasteiger partial charge in [-0.15, -0.1) is 0 Å². The Balaban J connectivity index is 1.89. The quantitative estimate of drug-likeness (QED) is 0.298. The van der Waals surface area contributed by atoms with Crippen LogP contribution in [0.1, 0.15) is 5.56 Å². The van der Waals surface area contributed by atoms with Gasteiger partial charge in [-0.25, -0.2) is 13.8 Å². The number of para-hydroxylation sites is 2. The third kappa shape index (κ3) is 6.11. The van der Waals surface area contributed by atoms with Gasteiger partial charge >= 0.3 is 0 Å². The first kappa shape index (κ1) is 26.0. The maximum absolute atomic E-state index is 13.6. The van der Waals surface area contributed by atoms with Crippen molar-refractivity contribution in [2.45, 2.75) is 4.90 Å². The molecule has 0 bridgehead atoms. The lowest BCUT2D eigenvalue weighted by Crippen LogP contribution is -2.39. The normalized spacial score (nSPS) is 11.2. The minimum Gasteiger partial charge on any atom is -0.495 e. The number of anilines is 1. The summed E-state index contributed by atoms with van der Waals surface area (Å²) >= 11 is 3.30. The molecule has 0 fully saturated rings. The van der Waals surface area contributed by atoms with Crippen molar-refractivity contribution in [2.75, 3.05) is 32.2 Å². The third-order valence-electron chi connectivity index (χ3n) is 4.85. The standard InChI is InChI=1S/C24H24BrN3O6S/c1-32-20-13-12-18(25)14-22(20)35(30,31)28(19-9-5-4-6-10-19)16-23(29)27-26-15-17-8-7-11-21(33-2)24(17)34-3/h4-15H,16H2,1-3H3,(H,27,29)/b26-15-. The van der Waals surface area contributed by atoms with Crippen molar-refractivity contribution in [3.8, 4) is 17.2 Å². The van der Waals surface area contributed by atoms with E-state index in [4.69, 9.17) is 14.2 Å². The molecule has 3 aromatic rings. The first-order valence-electron chi connectivity index (χ1n) is 10.3. The minimum absolute atomic E-state index is 0.0874. The van der Waals surface area contributed by atoms with Crippen LogP contribution in [0.25, 0.3) is 0 Å². The molecule has 9 nitrogen and oxygen atoms in total. The maximum Gasteiger partial charge on any atom is 0.268 e. The molecule has 0 atom stereocenters. The van der Waals surface area contributed by atoms with Crippen LogP contribution in [0.5, 0.6) is 17.2 Å². The summed E-state index contributed by atoms with van der Waals surface area (Å²) in [4.78, 5) is 12.7. The van der Waals surface area contributed by atoms with E-state index in [9.17, 15) is 13.2 Å². The van der Waals surface area contributed by atoms with E-state index in [1.807, 2.05) is 0 Å². The summed E-state index contributed by atoms with van der Waals surface area (Å²) in [6.45, 7) is -0.519. The SMILES string of the molecule is COc1ccc(Br)cc1S(=O)(=O)N(CC(=O)N/N=C\c1cccc(OC)c1OC)c1ccccc1. The summed E-state index contributed by atoms with van der Waals surface area (Å²) < 4.78 is 44.6. The number of hydrogen-bond donors (Lipinski definition) is 1. The molecule has 3 aromatic carbocycles. The number of amides is 1. The fourth-order valence-corrected chi connectivity index (χ4v) is 5.35. The van der Waals surface area contributed by atoms with E-state index in [-0.39, 0.29) is 10.6 Å². The molecular formula is C24H24BrN3O6S. The molecule has 0 aromatic heterocycles. The number of nitrogens with one attached hydrogen (secondary N) is 1. The topological polar surface area (TPSA) is 107 Å². The van der Waals surface area contributed by atoms with Crippen molar-refractivity contribution in [1.29, 1.82) is 0 Å². The van der Waals surface area contributed by atoms with Gasteiger partial charge in [-0.3, -0.25) is 9.10 Å². The molecule has 184 valence electrons. The van der Waals surface area contributed by atoms with E-state index < -0.39 is 22.5 Å². The van der Waals surface area contributed by atoms with Crippen molar-refractivity contribution in [1.82, 2.24) is 5.43 Å². The summed E-state index contributed by atoms with van der Waals surface area (Å²) in [6.07, 6.45) is 1.39. The first-order valence-corrected chi connectivity index (χ1v) is 12.5. The molecule has 35 heavy (non-hydrogen) atoms. The minimum atomic E-state index is -4.18. The van der Waals surface area contributed by atoms with Crippen molar-refractivity contribution in [2.24, 2.45) is 5.10 Å². The Bertz CT molecular complexity index is 1320. The van der Waals surface area contributed by atoms with Crippen LogP contribution in [-0.4, -0.2) is 48.4 Å². The first-order chi connectivity index (χ1) is 16.8. The number of carbonyl (C=O) groups excluding carboxylic acids is 1. The molecule has 0 saturated heterocycles. The molecular weight excluding hydrogens is 538 g/mol. The van der Waals surface area contributed by atoms with E-state index in [0.717, 1.165) is 4.31 Å². The lowest BCUT2D eigenvalue weighted by atomic mass is 10.2. The van der Waals surface area contributed by atoms with Crippen molar-refractivity contribution < 1.29 is 27.4 Å². The van der Waals surface area contributed by atoms with E-state index in [1.54, 1.807) is 54.6 Å². The average Bonchev–Trinajstić information content (AvgIpc) is 2.87. The van der Waals surface area contributed by atoms with Crippen LogP contribution in [0.2, 0.25) is 0 Å². The second-order valence-corrected chi connectivity index (χ2v) is 9.76. The Morgan fingerprint density at radius 1 is 0.971 bits per heavy atom. The van der Waals surface area contributed by atoms with Crippen LogP contribution in [0, 0.1) is 0 Å². The number of methoxy groups -OCH3 is 3. The van der Waals surface area contributed by atoms with Gasteiger partial charge in [0.1, 0.15) is 17.2 Å². The predicted octanol–water partition coefficient (Wildman–Crippen LogP) is 3.82. The van der Waals surface area contributed by atoms with Gasteiger partial charge in [0.25, 0.3) is 15.9 Å². The van der Waals surface area contributed by atoms with Gasteiger partial charge in [0.15, 0.2) is 11.5 Å². The van der Waals surface area contributed by atoms with Gasteiger partial charge in [-0.2, -0.15) is 5.10 Å². The van der Waals surface area contributed by atoms with Crippen LogP contribution in [-0.2, 0) is 14.8 Å². The Labute approximate surface area is 212 Å². The highest BCUT2D eigenvalue weighted by Crippen LogP contribution is 2.32. The molecule has 0 heterocycles. The zero-order chi connectivity index (χ0) is 25.4. The highest BCUT2D eigenvalue weighted by molar-refractivity contribution is 9.10. The largest absolute Gasteiger partial charge is 0.495 e. The fourth-order valence-electron chi connectivity index (χ4n) is 3.23. The molecule has 1 N–H and O–H groups in total. The summed E-state index contributed by atoms with van der Waals surface area (Å²) in [5.74, 6) is 0.456. The van der Waals surface area contributed by atoms with Gasteiger partial charge in [0, 0.05) is 10.0 Å². The molecule has 1 amide bonds. The lowest BCUT2D eigenvalue weighted by Gasteiger charge is -2.24. The average molecular weight is 562 g/mol. The van der Waals surface area contributed by atoms with Crippen LogP contribution >= 0.6 is 15.9 Å². The second-order valence-electron chi connectivity index (χ2n) is 7.02. The van der Waals surface area contributed by atoms with Gasteiger partial charge in [0.05, 0.1) is 33.2 Å². The number of ether oxygens (including phenoxy) is 3. The fraction of sp³-hybridized carbons (Fsp3) is 0.167. The zero-order valence-electron chi connectivity index (χ0n) is 19.3. The number of carbonyl (C=O) groups is 1. The van der Waals surface area contributed by atoms with Gasteiger partial charge < -0.3 is 14.2 Å². The molecule has 0 aliphatic heterocycles. The van der Waals surface area contributed by atoms with Gasteiger partial charge in [0.2, 0.25) is 0 Å². The van der Waals surface area contributed by atoms with E-state index in [0.29, 0.717) is 27.2 Å². The Morgan fingerprint density at radius 2 is 1.69 bits per heavy atom. The maximum atomic E-state index is 13.6. The molecule has 0 unspecified atom stereocenters. The lowest BCUT2D eigenvalue weighted by molar-refractivity contribution is -0.119. The Morgan fingerprint density at radius 3 is 2.34 bits per heavy atom. The number of hydrazone groups is 1. The highest BCUT2D eigenvalue weighted by Gasteiger charge is 2.30. The summed E-state index contributed by atoms with van der Waals surface area (Å²) in [5.41, 5.74) is 3.25. The Hall–Kier alpha value is -3.57. The highest BCUT2D eigenvalue weighted by atomic mass is 79.9. The predicted molar refractivity (Wildman–Crippen MR) is 137 cm³/mol. The molecule has 0 aliphatic rings. The van der Waals surface area contributed by atoms with Crippen molar-refractivity contribution >= 4 is 43.8 Å². The monoisotopic (exact) mass is 561 g/mol. The van der Waals surface area contributed by atoms with Crippen LogP contribution in [0.3, 0.4) is 0 Å². The molecule has 0 spiro atoms. The van der Waals surface area contributed by atoms with Gasteiger partial charge in [-0.05, 0) is 42.5 Å². The molecule has 3 rings (SSSR count). The molecule has 0 aliphatic carbocycles. The van der Waals surface area contributed by atoms with Crippen LogP contribution in [0.4, 0.5) is 5.69 Å².